The number of carbonyl (C=O) groups excluding carboxylic acids is 1. The van der Waals surface area contributed by atoms with Crippen molar-refractivity contribution in [3.8, 4) is 0 Å². The van der Waals surface area contributed by atoms with Crippen LogP contribution in [0.5, 0.6) is 0 Å². The summed E-state index contributed by atoms with van der Waals surface area (Å²) in [7, 11) is 1.60. The minimum atomic E-state index is 0.121. The van der Waals surface area contributed by atoms with E-state index in [0.29, 0.717) is 50.2 Å². The molecule has 1 aromatic rings. The molecule has 2 saturated heterocycles. The summed E-state index contributed by atoms with van der Waals surface area (Å²) in [6, 6.07) is 0. The van der Waals surface area contributed by atoms with Crippen LogP contribution in [-0.2, 0) is 25.4 Å². The molecule has 8 heteroatoms. The molecule has 0 aromatic carbocycles. The monoisotopic (exact) mass is 367 g/mol. The molecule has 0 spiro atoms. The van der Waals surface area contributed by atoms with Gasteiger partial charge < -0.3 is 23.6 Å². The average molecular weight is 367 g/mol. The van der Waals surface area contributed by atoms with Crippen molar-refractivity contribution in [2.24, 2.45) is 5.92 Å². The van der Waals surface area contributed by atoms with Gasteiger partial charge in [0.15, 0.2) is 5.82 Å². The number of methoxy groups -OCH3 is 1. The lowest BCUT2D eigenvalue weighted by Crippen LogP contribution is -2.29. The first-order chi connectivity index (χ1) is 12.8. The first-order valence-electron chi connectivity index (χ1n) is 9.51. The lowest BCUT2D eigenvalue weighted by Gasteiger charge is -2.21. The second-order valence-electron chi connectivity index (χ2n) is 7.00. The summed E-state index contributed by atoms with van der Waals surface area (Å²) in [4.78, 5) is 18.4. The zero-order valence-corrected chi connectivity index (χ0v) is 15.5. The van der Waals surface area contributed by atoms with Crippen LogP contribution in [0.25, 0.3) is 0 Å². The molecule has 1 atom stereocenters. The summed E-state index contributed by atoms with van der Waals surface area (Å²) in [5.41, 5.74) is 0. The number of rotatable bonds is 9. The fourth-order valence-electron chi connectivity index (χ4n) is 3.40. The highest BCUT2D eigenvalue weighted by molar-refractivity contribution is 5.76. The van der Waals surface area contributed by atoms with E-state index in [-0.39, 0.29) is 11.8 Å². The van der Waals surface area contributed by atoms with Gasteiger partial charge in [0, 0.05) is 46.4 Å². The van der Waals surface area contributed by atoms with Crippen LogP contribution in [-0.4, -0.2) is 74.2 Å². The van der Waals surface area contributed by atoms with Crippen LogP contribution in [0.3, 0.4) is 0 Å². The third-order valence-corrected chi connectivity index (χ3v) is 5.06. The normalized spacial score (nSPS) is 21.4. The Bertz CT molecular complexity index is 559. The fraction of sp³-hybridized carbons (Fsp3) is 0.833. The van der Waals surface area contributed by atoms with Gasteiger partial charge in [-0.25, -0.2) is 0 Å². The van der Waals surface area contributed by atoms with Gasteiger partial charge in [0.05, 0.1) is 25.6 Å². The first-order valence-corrected chi connectivity index (χ1v) is 9.51. The van der Waals surface area contributed by atoms with Gasteiger partial charge in [0.2, 0.25) is 11.8 Å². The Balaban J connectivity index is 1.37. The molecule has 0 radical (unpaired) electrons. The van der Waals surface area contributed by atoms with Crippen LogP contribution in [0.1, 0.15) is 43.3 Å². The van der Waals surface area contributed by atoms with Gasteiger partial charge in [0.25, 0.3) is 0 Å². The molecule has 146 valence electrons. The van der Waals surface area contributed by atoms with Gasteiger partial charge in [-0.15, -0.1) is 0 Å². The van der Waals surface area contributed by atoms with E-state index in [9.17, 15) is 4.79 Å². The Morgan fingerprint density at radius 1 is 1.27 bits per heavy atom. The molecule has 26 heavy (non-hydrogen) atoms. The Morgan fingerprint density at radius 3 is 2.92 bits per heavy atom. The Labute approximate surface area is 154 Å². The third-order valence-electron chi connectivity index (χ3n) is 5.06. The molecule has 3 rings (SSSR count). The molecule has 3 heterocycles. The van der Waals surface area contributed by atoms with Crippen LogP contribution in [0.15, 0.2) is 4.52 Å². The summed E-state index contributed by atoms with van der Waals surface area (Å²) in [6.07, 6.45) is 4.08. The SMILES string of the molecule is COCCC(=O)N1CCC(c2nc(CCOCC3CCOCC3)no2)C1. The predicted molar refractivity (Wildman–Crippen MR) is 92.8 cm³/mol. The highest BCUT2D eigenvalue weighted by atomic mass is 16.5. The standard InChI is InChI=1S/C18H29N3O5/c1-23-8-6-17(22)21-7-2-15(12-21)18-19-16(20-26-18)5-11-25-13-14-3-9-24-10-4-14/h14-15H,2-13H2,1H3. The molecule has 2 fully saturated rings. The van der Waals surface area contributed by atoms with Crippen molar-refractivity contribution in [3.63, 3.8) is 0 Å². The Kier molecular flexibility index (Phi) is 7.40. The maximum absolute atomic E-state index is 12.0. The van der Waals surface area contributed by atoms with Gasteiger partial charge >= 0.3 is 0 Å². The van der Waals surface area contributed by atoms with Gasteiger partial charge in [0.1, 0.15) is 0 Å². The van der Waals surface area contributed by atoms with Gasteiger partial charge in [-0.3, -0.25) is 4.79 Å². The van der Waals surface area contributed by atoms with E-state index in [2.05, 4.69) is 10.1 Å². The highest BCUT2D eigenvalue weighted by Gasteiger charge is 2.30. The number of carbonyl (C=O) groups is 1. The topological polar surface area (TPSA) is 86.9 Å². The number of hydrogen-bond donors (Lipinski definition) is 0. The highest BCUT2D eigenvalue weighted by Crippen LogP contribution is 2.26. The number of hydrogen-bond acceptors (Lipinski definition) is 7. The summed E-state index contributed by atoms with van der Waals surface area (Å²) >= 11 is 0. The van der Waals surface area contributed by atoms with E-state index in [1.165, 1.54) is 0 Å². The van der Waals surface area contributed by atoms with Crippen molar-refractivity contribution in [1.82, 2.24) is 15.0 Å². The lowest BCUT2D eigenvalue weighted by atomic mass is 10.0. The van der Waals surface area contributed by atoms with Gasteiger partial charge in [-0.05, 0) is 25.2 Å². The molecule has 0 aliphatic carbocycles. The van der Waals surface area contributed by atoms with Crippen molar-refractivity contribution >= 4 is 5.91 Å². The van der Waals surface area contributed by atoms with E-state index < -0.39 is 0 Å². The molecular formula is C18H29N3O5. The zero-order chi connectivity index (χ0) is 18.2. The van der Waals surface area contributed by atoms with Crippen LogP contribution in [0, 0.1) is 5.92 Å². The van der Waals surface area contributed by atoms with Crippen molar-refractivity contribution in [2.75, 3.05) is 53.2 Å². The smallest absolute Gasteiger partial charge is 0.231 e. The molecule has 2 aliphatic rings. The van der Waals surface area contributed by atoms with Gasteiger partial charge in [-0.1, -0.05) is 5.16 Å². The van der Waals surface area contributed by atoms with Gasteiger partial charge in [-0.2, -0.15) is 4.98 Å². The number of aromatic nitrogens is 2. The molecule has 1 aromatic heterocycles. The first kappa shape index (κ1) is 19.3. The lowest BCUT2D eigenvalue weighted by molar-refractivity contribution is -0.131. The second-order valence-corrected chi connectivity index (χ2v) is 7.00. The van der Waals surface area contributed by atoms with Crippen molar-refractivity contribution in [1.29, 1.82) is 0 Å². The molecule has 8 nitrogen and oxygen atoms in total. The van der Waals surface area contributed by atoms with E-state index in [1.807, 2.05) is 4.90 Å². The molecule has 0 saturated carbocycles. The molecule has 0 bridgehead atoms. The van der Waals surface area contributed by atoms with Crippen LogP contribution < -0.4 is 0 Å². The number of likely N-dealkylation sites (tertiary alicyclic amines) is 1. The summed E-state index contributed by atoms with van der Waals surface area (Å²) in [5, 5.41) is 4.06. The largest absolute Gasteiger partial charge is 0.384 e. The van der Waals surface area contributed by atoms with Crippen LogP contribution in [0.2, 0.25) is 0 Å². The maximum atomic E-state index is 12.0. The Hall–Kier alpha value is -1.51. The molecule has 1 amide bonds. The molecule has 1 unspecified atom stereocenters. The maximum Gasteiger partial charge on any atom is 0.231 e. The zero-order valence-electron chi connectivity index (χ0n) is 15.5. The fourth-order valence-corrected chi connectivity index (χ4v) is 3.40. The van der Waals surface area contributed by atoms with Crippen molar-refractivity contribution in [2.45, 2.75) is 38.0 Å². The third kappa shape index (κ3) is 5.49. The average Bonchev–Trinajstić information content (AvgIpc) is 3.33. The molecule has 0 N–H and O–H groups in total. The number of nitrogens with zero attached hydrogens (tertiary/aromatic N) is 3. The van der Waals surface area contributed by atoms with Crippen LogP contribution >= 0.6 is 0 Å². The van der Waals surface area contributed by atoms with E-state index in [1.54, 1.807) is 7.11 Å². The summed E-state index contributed by atoms with van der Waals surface area (Å²) < 4.78 is 21.5. The van der Waals surface area contributed by atoms with E-state index in [4.69, 9.17) is 18.7 Å². The molecular weight excluding hydrogens is 338 g/mol. The summed E-state index contributed by atoms with van der Waals surface area (Å²) in [6.45, 7) is 4.89. The predicted octanol–water partition coefficient (Wildman–Crippen LogP) is 1.41. The summed E-state index contributed by atoms with van der Waals surface area (Å²) in [5.74, 6) is 2.16. The minimum Gasteiger partial charge on any atom is -0.384 e. The van der Waals surface area contributed by atoms with Crippen molar-refractivity contribution in [3.05, 3.63) is 11.7 Å². The van der Waals surface area contributed by atoms with Crippen LogP contribution in [0.4, 0.5) is 0 Å². The van der Waals surface area contributed by atoms with E-state index in [0.717, 1.165) is 45.6 Å². The van der Waals surface area contributed by atoms with Crippen molar-refractivity contribution < 1.29 is 23.5 Å². The van der Waals surface area contributed by atoms with E-state index >= 15 is 0 Å². The number of ether oxygens (including phenoxy) is 3. The Morgan fingerprint density at radius 2 is 2.12 bits per heavy atom. The number of amides is 1. The quantitative estimate of drug-likeness (QED) is 0.610. The second kappa shape index (κ2) is 9.99. The molecule has 2 aliphatic heterocycles. The minimum absolute atomic E-state index is 0.121.